The molecule has 0 aromatic rings. The van der Waals surface area contributed by atoms with Crippen LogP contribution >= 0.6 is 0 Å². The SMILES string of the molecule is CC(C)(C)C#CCC(=O)CN1CCCC1. The minimum atomic E-state index is 0.00786. The van der Waals surface area contributed by atoms with Gasteiger partial charge in [0.1, 0.15) is 0 Å². The van der Waals surface area contributed by atoms with Crippen LogP contribution in [0.3, 0.4) is 0 Å². The van der Waals surface area contributed by atoms with Crippen molar-refractivity contribution < 1.29 is 4.79 Å². The van der Waals surface area contributed by atoms with Crippen LogP contribution in [0.5, 0.6) is 0 Å². The maximum atomic E-state index is 11.5. The third-order valence-corrected chi connectivity index (χ3v) is 2.35. The van der Waals surface area contributed by atoms with E-state index in [9.17, 15) is 4.79 Å². The van der Waals surface area contributed by atoms with E-state index in [1.807, 2.05) is 0 Å². The highest BCUT2D eigenvalue weighted by molar-refractivity contribution is 5.82. The highest BCUT2D eigenvalue weighted by Crippen LogP contribution is 2.10. The van der Waals surface area contributed by atoms with Crippen LogP contribution in [0.2, 0.25) is 0 Å². The maximum Gasteiger partial charge on any atom is 0.158 e. The number of carbonyl (C=O) groups excluding carboxylic acids is 1. The second kappa shape index (κ2) is 5.32. The fourth-order valence-corrected chi connectivity index (χ4v) is 1.65. The van der Waals surface area contributed by atoms with Crippen LogP contribution in [-0.4, -0.2) is 30.3 Å². The van der Waals surface area contributed by atoms with Gasteiger partial charge < -0.3 is 0 Å². The number of ketones is 1. The summed E-state index contributed by atoms with van der Waals surface area (Å²) < 4.78 is 0. The van der Waals surface area contributed by atoms with Crippen molar-refractivity contribution in [2.75, 3.05) is 19.6 Å². The maximum absolute atomic E-state index is 11.5. The average Bonchev–Trinajstić information content (AvgIpc) is 2.54. The topological polar surface area (TPSA) is 20.3 Å². The molecular formula is C13H21NO. The average molecular weight is 207 g/mol. The van der Waals surface area contributed by atoms with Gasteiger partial charge in [-0.2, -0.15) is 0 Å². The first-order valence-electron chi connectivity index (χ1n) is 5.71. The van der Waals surface area contributed by atoms with Gasteiger partial charge in [-0.3, -0.25) is 9.69 Å². The van der Waals surface area contributed by atoms with E-state index in [1.165, 1.54) is 12.8 Å². The molecule has 0 aromatic carbocycles. The van der Waals surface area contributed by atoms with E-state index in [-0.39, 0.29) is 11.2 Å². The first-order valence-corrected chi connectivity index (χ1v) is 5.71. The highest BCUT2D eigenvalue weighted by atomic mass is 16.1. The second-order valence-electron chi connectivity index (χ2n) is 5.25. The lowest BCUT2D eigenvalue weighted by atomic mass is 9.98. The molecule has 0 saturated carbocycles. The molecule has 2 nitrogen and oxygen atoms in total. The van der Waals surface area contributed by atoms with Crippen molar-refractivity contribution in [3.05, 3.63) is 0 Å². The Morgan fingerprint density at radius 2 is 1.87 bits per heavy atom. The second-order valence-corrected chi connectivity index (χ2v) is 5.25. The number of nitrogens with zero attached hydrogens (tertiary/aromatic N) is 1. The van der Waals surface area contributed by atoms with Crippen LogP contribution in [0.4, 0.5) is 0 Å². The van der Waals surface area contributed by atoms with E-state index in [1.54, 1.807) is 0 Å². The molecule has 84 valence electrons. The number of Topliss-reactive ketones (excluding diaryl/α,β-unsaturated/α-hetero) is 1. The summed E-state index contributed by atoms with van der Waals surface area (Å²) in [7, 11) is 0. The molecule has 0 N–H and O–H groups in total. The van der Waals surface area contributed by atoms with E-state index in [2.05, 4.69) is 37.5 Å². The number of hydrogen-bond donors (Lipinski definition) is 0. The number of likely N-dealkylation sites (tertiary alicyclic amines) is 1. The van der Waals surface area contributed by atoms with Crippen molar-refractivity contribution >= 4 is 5.78 Å². The third kappa shape index (κ3) is 5.59. The summed E-state index contributed by atoms with van der Waals surface area (Å²) in [6.45, 7) is 8.94. The normalized spacial score (nSPS) is 17.3. The molecule has 2 heteroatoms. The van der Waals surface area contributed by atoms with Crippen LogP contribution in [0.1, 0.15) is 40.0 Å². The van der Waals surface area contributed by atoms with Gasteiger partial charge >= 0.3 is 0 Å². The Kier molecular flexibility index (Phi) is 4.35. The van der Waals surface area contributed by atoms with Crippen LogP contribution in [-0.2, 0) is 4.79 Å². The zero-order valence-corrected chi connectivity index (χ0v) is 10.1. The standard InChI is InChI=1S/C13H21NO/c1-13(2,3)8-6-7-12(15)11-14-9-4-5-10-14/h4-5,7,9-11H2,1-3H3. The summed E-state index contributed by atoms with van der Waals surface area (Å²) >= 11 is 0. The minimum absolute atomic E-state index is 0.00786. The van der Waals surface area contributed by atoms with Gasteiger partial charge in [0.25, 0.3) is 0 Å². The molecule has 1 aliphatic rings. The Balaban J connectivity index is 2.26. The smallest absolute Gasteiger partial charge is 0.158 e. The summed E-state index contributed by atoms with van der Waals surface area (Å²) in [5.41, 5.74) is 0.00786. The Morgan fingerprint density at radius 1 is 1.27 bits per heavy atom. The molecule has 0 bridgehead atoms. The van der Waals surface area contributed by atoms with Gasteiger partial charge in [0.05, 0.1) is 13.0 Å². The van der Waals surface area contributed by atoms with Gasteiger partial charge in [0.15, 0.2) is 5.78 Å². The summed E-state index contributed by atoms with van der Waals surface area (Å²) in [5.74, 6) is 6.32. The van der Waals surface area contributed by atoms with Crippen molar-refractivity contribution in [3.8, 4) is 11.8 Å². The molecule has 15 heavy (non-hydrogen) atoms. The highest BCUT2D eigenvalue weighted by Gasteiger charge is 2.14. The molecule has 1 fully saturated rings. The monoisotopic (exact) mass is 207 g/mol. The van der Waals surface area contributed by atoms with Gasteiger partial charge in [0, 0.05) is 5.41 Å². The summed E-state index contributed by atoms with van der Waals surface area (Å²) in [6.07, 6.45) is 2.88. The van der Waals surface area contributed by atoms with Crippen LogP contribution in [0.15, 0.2) is 0 Å². The van der Waals surface area contributed by atoms with Crippen molar-refractivity contribution in [3.63, 3.8) is 0 Å². The summed E-state index contributed by atoms with van der Waals surface area (Å²) in [5, 5.41) is 0. The largest absolute Gasteiger partial charge is 0.297 e. The Labute approximate surface area is 93.0 Å². The Bertz CT molecular complexity index is 271. The first-order chi connectivity index (χ1) is 6.97. The molecule has 0 amide bonds. The Morgan fingerprint density at radius 3 is 2.40 bits per heavy atom. The predicted octanol–water partition coefficient (Wildman–Crippen LogP) is 2.09. The van der Waals surface area contributed by atoms with Crippen molar-refractivity contribution in [1.29, 1.82) is 0 Å². The molecule has 0 radical (unpaired) electrons. The van der Waals surface area contributed by atoms with Crippen LogP contribution < -0.4 is 0 Å². The molecule has 0 unspecified atom stereocenters. The third-order valence-electron chi connectivity index (χ3n) is 2.35. The predicted molar refractivity (Wildman–Crippen MR) is 62.5 cm³/mol. The lowest BCUT2D eigenvalue weighted by Gasteiger charge is -2.12. The molecule has 0 spiro atoms. The number of hydrogen-bond acceptors (Lipinski definition) is 2. The molecule has 1 heterocycles. The van der Waals surface area contributed by atoms with Crippen molar-refractivity contribution in [2.24, 2.45) is 5.41 Å². The molecular weight excluding hydrogens is 186 g/mol. The van der Waals surface area contributed by atoms with Crippen LogP contribution in [0, 0.1) is 17.3 Å². The first kappa shape index (κ1) is 12.3. The molecule has 0 aliphatic carbocycles. The number of carbonyl (C=O) groups is 1. The molecule has 1 aliphatic heterocycles. The van der Waals surface area contributed by atoms with Gasteiger partial charge in [-0.15, -0.1) is 0 Å². The minimum Gasteiger partial charge on any atom is -0.297 e. The van der Waals surface area contributed by atoms with E-state index < -0.39 is 0 Å². The lowest BCUT2D eigenvalue weighted by molar-refractivity contribution is -0.119. The molecule has 1 rings (SSSR count). The summed E-state index contributed by atoms with van der Waals surface area (Å²) in [6, 6.07) is 0. The Hall–Kier alpha value is -0.810. The quantitative estimate of drug-likeness (QED) is 0.660. The van der Waals surface area contributed by atoms with Crippen LogP contribution in [0.25, 0.3) is 0 Å². The van der Waals surface area contributed by atoms with Gasteiger partial charge in [-0.05, 0) is 46.7 Å². The van der Waals surface area contributed by atoms with Crippen molar-refractivity contribution in [2.45, 2.75) is 40.0 Å². The summed E-state index contributed by atoms with van der Waals surface area (Å²) in [4.78, 5) is 13.8. The molecule has 0 atom stereocenters. The van der Waals surface area contributed by atoms with E-state index in [0.29, 0.717) is 13.0 Å². The van der Waals surface area contributed by atoms with Crippen molar-refractivity contribution in [1.82, 2.24) is 4.90 Å². The van der Waals surface area contributed by atoms with Gasteiger partial charge in [-0.25, -0.2) is 0 Å². The fraction of sp³-hybridized carbons (Fsp3) is 0.769. The van der Waals surface area contributed by atoms with E-state index in [0.717, 1.165) is 13.1 Å². The van der Waals surface area contributed by atoms with Gasteiger partial charge in [-0.1, -0.05) is 11.8 Å². The molecule has 1 saturated heterocycles. The van der Waals surface area contributed by atoms with Gasteiger partial charge in [0.2, 0.25) is 0 Å². The zero-order valence-electron chi connectivity index (χ0n) is 10.1. The zero-order chi connectivity index (χ0) is 11.3. The van der Waals surface area contributed by atoms with E-state index >= 15 is 0 Å². The van der Waals surface area contributed by atoms with E-state index in [4.69, 9.17) is 0 Å². The lowest BCUT2D eigenvalue weighted by Crippen LogP contribution is -2.26. The molecule has 0 aromatic heterocycles. The number of rotatable bonds is 3. The fourth-order valence-electron chi connectivity index (χ4n) is 1.65.